The first kappa shape index (κ1) is 14.7. The number of fused-ring (bicyclic) bond motifs is 2. The fourth-order valence-electron chi connectivity index (χ4n) is 3.51. The molecule has 2 aromatic rings. The Morgan fingerprint density at radius 3 is 2.42 bits per heavy atom. The maximum absolute atomic E-state index is 13.0. The standard InChI is InChI=1S/C20H17NO3/c1-24-19(22)12-18-16-10-13-6-5-7-14(13)11-17(16)20(23)21(18)15-8-3-2-4-9-15/h2-4,8-12H,5-7H2,1H3. The highest BCUT2D eigenvalue weighted by Crippen LogP contribution is 2.39. The summed E-state index contributed by atoms with van der Waals surface area (Å²) in [5, 5.41) is 0. The second-order valence-electron chi connectivity index (χ2n) is 6.05. The summed E-state index contributed by atoms with van der Waals surface area (Å²) in [5.41, 5.74) is 5.32. The number of rotatable bonds is 2. The van der Waals surface area contributed by atoms with Gasteiger partial charge in [0, 0.05) is 22.9 Å². The van der Waals surface area contributed by atoms with Crippen molar-refractivity contribution in [3.05, 3.63) is 70.8 Å². The fraction of sp³-hybridized carbons (Fsp3) is 0.200. The summed E-state index contributed by atoms with van der Waals surface area (Å²) in [6.45, 7) is 0. The van der Waals surface area contributed by atoms with Crippen LogP contribution in [0.1, 0.15) is 33.5 Å². The van der Waals surface area contributed by atoms with Crippen molar-refractivity contribution >= 4 is 23.3 Å². The number of hydrogen-bond acceptors (Lipinski definition) is 3. The number of ether oxygens (including phenoxy) is 1. The van der Waals surface area contributed by atoms with Crippen LogP contribution < -0.4 is 4.90 Å². The molecule has 0 bridgehead atoms. The van der Waals surface area contributed by atoms with E-state index in [2.05, 4.69) is 6.07 Å². The van der Waals surface area contributed by atoms with Crippen LogP contribution in [0.5, 0.6) is 0 Å². The Morgan fingerprint density at radius 2 is 1.75 bits per heavy atom. The van der Waals surface area contributed by atoms with E-state index in [0.717, 1.165) is 30.5 Å². The van der Waals surface area contributed by atoms with Gasteiger partial charge in [-0.3, -0.25) is 9.69 Å². The van der Waals surface area contributed by atoms with Crippen LogP contribution in [0.4, 0.5) is 5.69 Å². The smallest absolute Gasteiger partial charge is 0.332 e. The molecule has 1 heterocycles. The van der Waals surface area contributed by atoms with Crippen LogP contribution in [0, 0.1) is 0 Å². The summed E-state index contributed by atoms with van der Waals surface area (Å²) < 4.78 is 4.79. The third kappa shape index (κ3) is 2.22. The van der Waals surface area contributed by atoms with Crippen molar-refractivity contribution in [2.24, 2.45) is 0 Å². The fourth-order valence-corrected chi connectivity index (χ4v) is 3.51. The molecule has 4 heteroatoms. The molecule has 0 N–H and O–H groups in total. The second kappa shape index (κ2) is 5.64. The summed E-state index contributed by atoms with van der Waals surface area (Å²) in [4.78, 5) is 26.5. The van der Waals surface area contributed by atoms with Crippen LogP contribution in [0.3, 0.4) is 0 Å². The molecular formula is C20H17NO3. The number of para-hydroxylation sites is 1. The molecule has 2 aromatic carbocycles. The van der Waals surface area contributed by atoms with Crippen LogP contribution >= 0.6 is 0 Å². The Kier molecular flexibility index (Phi) is 3.45. The number of anilines is 1. The normalized spacial score (nSPS) is 17.1. The van der Waals surface area contributed by atoms with Crippen molar-refractivity contribution in [3.63, 3.8) is 0 Å². The molecule has 24 heavy (non-hydrogen) atoms. The average Bonchev–Trinajstić information content (AvgIpc) is 3.17. The van der Waals surface area contributed by atoms with Crippen molar-refractivity contribution in [3.8, 4) is 0 Å². The van der Waals surface area contributed by atoms with E-state index in [4.69, 9.17) is 4.74 Å². The molecule has 0 spiro atoms. The molecule has 120 valence electrons. The monoisotopic (exact) mass is 319 g/mol. The van der Waals surface area contributed by atoms with Gasteiger partial charge in [-0.25, -0.2) is 4.79 Å². The molecule has 0 unspecified atom stereocenters. The van der Waals surface area contributed by atoms with Crippen LogP contribution in [0.15, 0.2) is 48.5 Å². The lowest BCUT2D eigenvalue weighted by atomic mass is 10.0. The number of nitrogens with zero attached hydrogens (tertiary/aromatic N) is 1. The van der Waals surface area contributed by atoms with E-state index in [1.165, 1.54) is 24.3 Å². The van der Waals surface area contributed by atoms with Gasteiger partial charge in [0.1, 0.15) is 0 Å². The number of carbonyl (C=O) groups is 2. The quantitative estimate of drug-likeness (QED) is 0.630. The minimum Gasteiger partial charge on any atom is -0.466 e. The van der Waals surface area contributed by atoms with Crippen molar-refractivity contribution in [2.45, 2.75) is 19.3 Å². The topological polar surface area (TPSA) is 46.6 Å². The highest BCUT2D eigenvalue weighted by Gasteiger charge is 2.35. The number of benzene rings is 2. The largest absolute Gasteiger partial charge is 0.466 e. The van der Waals surface area contributed by atoms with Gasteiger partial charge >= 0.3 is 5.97 Å². The Morgan fingerprint density at radius 1 is 1.08 bits per heavy atom. The van der Waals surface area contributed by atoms with Crippen molar-refractivity contribution < 1.29 is 14.3 Å². The summed E-state index contributed by atoms with van der Waals surface area (Å²) in [5.74, 6) is -0.562. The van der Waals surface area contributed by atoms with Gasteiger partial charge in [-0.05, 0) is 54.7 Å². The van der Waals surface area contributed by atoms with Gasteiger partial charge in [0.25, 0.3) is 5.91 Å². The van der Waals surface area contributed by atoms with Gasteiger partial charge in [-0.1, -0.05) is 18.2 Å². The Bertz CT molecular complexity index is 868. The molecule has 0 aromatic heterocycles. The van der Waals surface area contributed by atoms with E-state index in [1.54, 1.807) is 4.90 Å². The maximum atomic E-state index is 13.0. The number of carbonyl (C=O) groups excluding carboxylic acids is 2. The lowest BCUT2D eigenvalue weighted by Crippen LogP contribution is -2.23. The molecular weight excluding hydrogens is 302 g/mol. The minimum absolute atomic E-state index is 0.0962. The molecule has 0 radical (unpaired) electrons. The van der Waals surface area contributed by atoms with E-state index >= 15 is 0 Å². The van der Waals surface area contributed by atoms with Gasteiger partial charge in [0.15, 0.2) is 0 Å². The van der Waals surface area contributed by atoms with E-state index in [0.29, 0.717) is 11.3 Å². The van der Waals surface area contributed by atoms with Gasteiger partial charge in [0.05, 0.1) is 12.8 Å². The minimum atomic E-state index is -0.466. The van der Waals surface area contributed by atoms with E-state index in [1.807, 2.05) is 36.4 Å². The average molecular weight is 319 g/mol. The molecule has 4 rings (SSSR count). The summed E-state index contributed by atoms with van der Waals surface area (Å²) in [6, 6.07) is 13.4. The van der Waals surface area contributed by atoms with Crippen LogP contribution in [-0.4, -0.2) is 19.0 Å². The predicted octanol–water partition coefficient (Wildman–Crippen LogP) is 3.35. The van der Waals surface area contributed by atoms with Crippen LogP contribution in [0.25, 0.3) is 5.70 Å². The number of aryl methyl sites for hydroxylation is 2. The third-order valence-corrected chi connectivity index (χ3v) is 4.65. The summed E-state index contributed by atoms with van der Waals surface area (Å²) >= 11 is 0. The van der Waals surface area contributed by atoms with Crippen molar-refractivity contribution in [1.82, 2.24) is 0 Å². The molecule has 0 fully saturated rings. The highest BCUT2D eigenvalue weighted by molar-refractivity contribution is 6.24. The molecule has 0 saturated carbocycles. The zero-order chi connectivity index (χ0) is 16.7. The van der Waals surface area contributed by atoms with Gasteiger partial charge in [-0.15, -0.1) is 0 Å². The zero-order valence-electron chi connectivity index (χ0n) is 13.4. The number of methoxy groups -OCH3 is 1. The summed E-state index contributed by atoms with van der Waals surface area (Å²) in [6.07, 6.45) is 4.55. The second-order valence-corrected chi connectivity index (χ2v) is 6.05. The Balaban J connectivity index is 1.91. The van der Waals surface area contributed by atoms with E-state index in [-0.39, 0.29) is 5.91 Å². The highest BCUT2D eigenvalue weighted by atomic mass is 16.5. The third-order valence-electron chi connectivity index (χ3n) is 4.65. The number of hydrogen-bond donors (Lipinski definition) is 0. The molecule has 0 atom stereocenters. The van der Waals surface area contributed by atoms with Crippen molar-refractivity contribution in [1.29, 1.82) is 0 Å². The molecule has 0 saturated heterocycles. The molecule has 1 aliphatic carbocycles. The van der Waals surface area contributed by atoms with Gasteiger partial charge in [0.2, 0.25) is 0 Å². The van der Waals surface area contributed by atoms with E-state index < -0.39 is 5.97 Å². The number of esters is 1. The predicted molar refractivity (Wildman–Crippen MR) is 91.7 cm³/mol. The first-order valence-corrected chi connectivity index (χ1v) is 8.04. The Hall–Kier alpha value is -2.88. The lowest BCUT2D eigenvalue weighted by Gasteiger charge is -2.18. The van der Waals surface area contributed by atoms with Crippen LogP contribution in [0.2, 0.25) is 0 Å². The van der Waals surface area contributed by atoms with Gasteiger partial charge in [-0.2, -0.15) is 0 Å². The molecule has 1 amide bonds. The molecule has 1 aliphatic heterocycles. The first-order valence-electron chi connectivity index (χ1n) is 8.04. The lowest BCUT2D eigenvalue weighted by molar-refractivity contribution is -0.134. The number of amides is 1. The SMILES string of the molecule is COC(=O)C=C1c2cc3c(cc2C(=O)N1c1ccccc1)CCC3. The zero-order valence-corrected chi connectivity index (χ0v) is 13.4. The van der Waals surface area contributed by atoms with E-state index in [9.17, 15) is 9.59 Å². The Labute approximate surface area is 140 Å². The van der Waals surface area contributed by atoms with Gasteiger partial charge < -0.3 is 4.74 Å². The molecule has 2 aliphatic rings. The molecule has 4 nitrogen and oxygen atoms in total. The first-order chi connectivity index (χ1) is 11.7. The maximum Gasteiger partial charge on any atom is 0.332 e. The van der Waals surface area contributed by atoms with Crippen molar-refractivity contribution in [2.75, 3.05) is 12.0 Å². The summed E-state index contributed by atoms with van der Waals surface area (Å²) in [7, 11) is 1.34. The van der Waals surface area contributed by atoms with Crippen LogP contribution in [-0.2, 0) is 22.4 Å².